The molecular weight excluding hydrogens is 364 g/mol. The Morgan fingerprint density at radius 2 is 1.74 bits per heavy atom. The van der Waals surface area contributed by atoms with Gasteiger partial charge in [-0.3, -0.25) is 25.2 Å². The highest BCUT2D eigenvalue weighted by molar-refractivity contribution is 9.10. The molecule has 1 aliphatic carbocycles. The summed E-state index contributed by atoms with van der Waals surface area (Å²) in [6.45, 7) is -0.397. The van der Waals surface area contributed by atoms with Crippen LogP contribution < -0.4 is 10.9 Å². The Bertz CT molecular complexity index is 568. The zero-order chi connectivity index (χ0) is 16.7. The summed E-state index contributed by atoms with van der Waals surface area (Å²) in [6, 6.07) is 6.68. The van der Waals surface area contributed by atoms with E-state index in [1.165, 1.54) is 0 Å². The second-order valence-electron chi connectivity index (χ2n) is 5.52. The maximum atomic E-state index is 11.8. The summed E-state index contributed by atoms with van der Waals surface area (Å²) >= 11 is 3.27. The Labute approximate surface area is 143 Å². The molecule has 0 radical (unpaired) electrons. The van der Waals surface area contributed by atoms with Gasteiger partial charge in [0, 0.05) is 16.5 Å². The summed E-state index contributed by atoms with van der Waals surface area (Å²) in [5.41, 5.74) is 4.90. The first kappa shape index (κ1) is 17.5. The van der Waals surface area contributed by atoms with Gasteiger partial charge in [-0.1, -0.05) is 28.8 Å². The molecular formula is C16H19BrN2O4. The Morgan fingerprint density at radius 1 is 1.09 bits per heavy atom. The number of carbonyl (C=O) groups excluding carboxylic acids is 3. The van der Waals surface area contributed by atoms with Crippen molar-refractivity contribution in [2.24, 2.45) is 5.92 Å². The molecule has 2 rings (SSSR count). The van der Waals surface area contributed by atoms with Gasteiger partial charge in [-0.15, -0.1) is 0 Å². The lowest BCUT2D eigenvalue weighted by atomic mass is 10.1. The predicted molar refractivity (Wildman–Crippen MR) is 87.3 cm³/mol. The van der Waals surface area contributed by atoms with Crippen molar-refractivity contribution in [3.05, 3.63) is 34.3 Å². The van der Waals surface area contributed by atoms with Crippen LogP contribution in [0.2, 0.25) is 0 Å². The number of ether oxygens (including phenoxy) is 1. The Hall–Kier alpha value is -1.89. The fourth-order valence-electron chi connectivity index (χ4n) is 2.49. The zero-order valence-electron chi connectivity index (χ0n) is 12.6. The van der Waals surface area contributed by atoms with Crippen molar-refractivity contribution in [1.29, 1.82) is 0 Å². The minimum absolute atomic E-state index is 0.360. The number of hydrogen-bond acceptors (Lipinski definition) is 4. The van der Waals surface area contributed by atoms with Gasteiger partial charge in [0.15, 0.2) is 6.61 Å². The van der Waals surface area contributed by atoms with Crippen molar-refractivity contribution in [2.45, 2.75) is 32.1 Å². The molecule has 124 valence electrons. The fourth-order valence-corrected chi connectivity index (χ4v) is 2.76. The quantitative estimate of drug-likeness (QED) is 0.604. The Morgan fingerprint density at radius 3 is 2.39 bits per heavy atom. The molecule has 0 heterocycles. The van der Waals surface area contributed by atoms with Gasteiger partial charge in [-0.2, -0.15) is 0 Å². The highest BCUT2D eigenvalue weighted by Crippen LogP contribution is 2.27. The molecule has 0 aliphatic heterocycles. The maximum Gasteiger partial charge on any atom is 0.306 e. The van der Waals surface area contributed by atoms with Crippen LogP contribution in [0, 0.1) is 5.92 Å². The van der Waals surface area contributed by atoms with E-state index in [2.05, 4.69) is 26.8 Å². The standard InChI is InChI=1S/C16H19BrN2O4/c17-13-7-5-12(6-8-13)16(22)19-18-14(20)10-23-15(21)9-11-3-1-2-4-11/h5-8,11H,1-4,9-10H2,(H,18,20)(H,19,22). The minimum Gasteiger partial charge on any atom is -0.455 e. The summed E-state index contributed by atoms with van der Waals surface area (Å²) in [5, 5.41) is 0. The van der Waals surface area contributed by atoms with Crippen LogP contribution >= 0.6 is 15.9 Å². The van der Waals surface area contributed by atoms with Gasteiger partial charge in [0.05, 0.1) is 0 Å². The van der Waals surface area contributed by atoms with Gasteiger partial charge >= 0.3 is 5.97 Å². The van der Waals surface area contributed by atoms with E-state index in [0.29, 0.717) is 17.9 Å². The van der Waals surface area contributed by atoms with E-state index in [1.54, 1.807) is 24.3 Å². The number of hydrazine groups is 1. The van der Waals surface area contributed by atoms with Crippen LogP contribution in [0.1, 0.15) is 42.5 Å². The normalized spacial score (nSPS) is 14.3. The first-order chi connectivity index (χ1) is 11.0. The van der Waals surface area contributed by atoms with Crippen molar-refractivity contribution >= 4 is 33.7 Å². The highest BCUT2D eigenvalue weighted by atomic mass is 79.9. The lowest BCUT2D eigenvalue weighted by molar-refractivity contribution is -0.149. The van der Waals surface area contributed by atoms with E-state index in [0.717, 1.165) is 30.2 Å². The van der Waals surface area contributed by atoms with E-state index < -0.39 is 18.4 Å². The second-order valence-corrected chi connectivity index (χ2v) is 6.44. The van der Waals surface area contributed by atoms with Crippen LogP contribution in [0.3, 0.4) is 0 Å². The molecule has 6 nitrogen and oxygen atoms in total. The van der Waals surface area contributed by atoms with Crippen LogP contribution in [0.25, 0.3) is 0 Å². The number of nitrogens with one attached hydrogen (secondary N) is 2. The van der Waals surface area contributed by atoms with Crippen molar-refractivity contribution < 1.29 is 19.1 Å². The van der Waals surface area contributed by atoms with Crippen molar-refractivity contribution in [1.82, 2.24) is 10.9 Å². The molecule has 0 saturated heterocycles. The molecule has 2 amide bonds. The molecule has 1 saturated carbocycles. The fraction of sp³-hybridized carbons (Fsp3) is 0.438. The third-order valence-electron chi connectivity index (χ3n) is 3.72. The molecule has 0 aromatic heterocycles. The van der Waals surface area contributed by atoms with Crippen LogP contribution in [0.15, 0.2) is 28.7 Å². The molecule has 1 aromatic carbocycles. The largest absolute Gasteiger partial charge is 0.455 e. The number of benzene rings is 1. The van der Waals surface area contributed by atoms with E-state index >= 15 is 0 Å². The average molecular weight is 383 g/mol. The van der Waals surface area contributed by atoms with Gasteiger partial charge in [0.25, 0.3) is 11.8 Å². The molecule has 0 bridgehead atoms. The number of hydrogen-bond donors (Lipinski definition) is 2. The zero-order valence-corrected chi connectivity index (χ0v) is 14.2. The van der Waals surface area contributed by atoms with Crippen LogP contribution in [0.4, 0.5) is 0 Å². The number of halogens is 1. The molecule has 1 aromatic rings. The second kappa shape index (κ2) is 8.67. The Kier molecular flexibility index (Phi) is 6.58. The molecule has 2 N–H and O–H groups in total. The first-order valence-electron chi connectivity index (χ1n) is 7.55. The average Bonchev–Trinajstić information content (AvgIpc) is 3.04. The van der Waals surface area contributed by atoms with Gasteiger partial charge in [0.1, 0.15) is 0 Å². The molecule has 23 heavy (non-hydrogen) atoms. The smallest absolute Gasteiger partial charge is 0.306 e. The third kappa shape index (κ3) is 6.02. The molecule has 0 unspecified atom stereocenters. The summed E-state index contributed by atoms with van der Waals surface area (Å²) in [4.78, 5) is 34.9. The summed E-state index contributed by atoms with van der Waals surface area (Å²) in [6.07, 6.45) is 4.76. The molecule has 0 spiro atoms. The highest BCUT2D eigenvalue weighted by Gasteiger charge is 2.19. The van der Waals surface area contributed by atoms with Gasteiger partial charge in [-0.05, 0) is 43.0 Å². The number of rotatable bonds is 5. The van der Waals surface area contributed by atoms with Crippen molar-refractivity contribution in [3.8, 4) is 0 Å². The monoisotopic (exact) mass is 382 g/mol. The van der Waals surface area contributed by atoms with E-state index in [4.69, 9.17) is 4.74 Å². The van der Waals surface area contributed by atoms with E-state index in [-0.39, 0.29) is 5.97 Å². The lowest BCUT2D eigenvalue weighted by Crippen LogP contribution is -2.43. The maximum absolute atomic E-state index is 11.8. The van der Waals surface area contributed by atoms with Gasteiger partial charge < -0.3 is 4.74 Å². The van der Waals surface area contributed by atoms with Crippen molar-refractivity contribution in [2.75, 3.05) is 6.61 Å². The number of amides is 2. The Balaban J connectivity index is 1.65. The SMILES string of the molecule is O=C(COC(=O)CC1CCCC1)NNC(=O)c1ccc(Br)cc1. The van der Waals surface area contributed by atoms with E-state index in [1.807, 2.05) is 0 Å². The summed E-state index contributed by atoms with van der Waals surface area (Å²) in [5.74, 6) is -1.01. The minimum atomic E-state index is -0.574. The van der Waals surface area contributed by atoms with Crippen LogP contribution in [-0.4, -0.2) is 24.4 Å². The third-order valence-corrected chi connectivity index (χ3v) is 4.24. The summed E-state index contributed by atoms with van der Waals surface area (Å²) < 4.78 is 5.76. The summed E-state index contributed by atoms with van der Waals surface area (Å²) in [7, 11) is 0. The number of carbonyl (C=O) groups is 3. The van der Waals surface area contributed by atoms with Gasteiger partial charge in [-0.25, -0.2) is 0 Å². The van der Waals surface area contributed by atoms with Crippen LogP contribution in [0.5, 0.6) is 0 Å². The predicted octanol–water partition coefficient (Wildman–Crippen LogP) is 2.33. The van der Waals surface area contributed by atoms with E-state index in [9.17, 15) is 14.4 Å². The van der Waals surface area contributed by atoms with Gasteiger partial charge in [0.2, 0.25) is 0 Å². The lowest BCUT2D eigenvalue weighted by Gasteiger charge is -2.10. The van der Waals surface area contributed by atoms with Crippen molar-refractivity contribution in [3.63, 3.8) is 0 Å². The van der Waals surface area contributed by atoms with Crippen LogP contribution in [-0.2, 0) is 14.3 Å². The molecule has 7 heteroatoms. The first-order valence-corrected chi connectivity index (χ1v) is 8.34. The topological polar surface area (TPSA) is 84.5 Å². The number of esters is 1. The molecule has 1 aliphatic rings. The molecule has 0 atom stereocenters. The molecule has 1 fully saturated rings.